The SMILES string of the molecule is C.F.c1cc[nH]c1. The Labute approximate surface area is 42.7 Å². The highest BCUT2D eigenvalue weighted by Gasteiger charge is 1.55. The van der Waals surface area contributed by atoms with Gasteiger partial charge >= 0.3 is 0 Å². The molecule has 42 valence electrons. The summed E-state index contributed by atoms with van der Waals surface area (Å²) >= 11 is 0. The molecule has 1 nitrogen and oxygen atoms in total. The standard InChI is InChI=1S/C4H5N.CH4.FH/c1-2-4-5-3-1;;/h1-5H;1H4;1H. The predicted octanol–water partition coefficient (Wildman–Crippen LogP) is 1.80. The van der Waals surface area contributed by atoms with Crippen LogP contribution in [0.25, 0.3) is 0 Å². The summed E-state index contributed by atoms with van der Waals surface area (Å²) in [6.07, 6.45) is 3.75. The molecule has 0 unspecified atom stereocenters. The number of hydrogen-bond donors (Lipinski definition) is 1. The zero-order valence-corrected chi connectivity index (χ0v) is 3.22. The van der Waals surface area contributed by atoms with Crippen molar-refractivity contribution in [1.29, 1.82) is 0 Å². The van der Waals surface area contributed by atoms with Crippen LogP contribution in [0.4, 0.5) is 4.70 Å². The van der Waals surface area contributed by atoms with Crippen LogP contribution in [0.1, 0.15) is 7.43 Å². The molecular formula is C5H10FN. The van der Waals surface area contributed by atoms with E-state index in [1.807, 2.05) is 24.5 Å². The molecule has 1 rings (SSSR count). The summed E-state index contributed by atoms with van der Waals surface area (Å²) in [6.45, 7) is 0. The van der Waals surface area contributed by atoms with Crippen molar-refractivity contribution in [3.63, 3.8) is 0 Å². The van der Waals surface area contributed by atoms with Crippen LogP contribution in [0.5, 0.6) is 0 Å². The van der Waals surface area contributed by atoms with Crippen molar-refractivity contribution in [2.45, 2.75) is 7.43 Å². The Morgan fingerprint density at radius 3 is 1.57 bits per heavy atom. The molecule has 0 fully saturated rings. The Hall–Kier alpha value is -0.790. The van der Waals surface area contributed by atoms with E-state index in [0.29, 0.717) is 0 Å². The van der Waals surface area contributed by atoms with Gasteiger partial charge in [-0.1, -0.05) is 7.43 Å². The van der Waals surface area contributed by atoms with E-state index in [-0.39, 0.29) is 12.1 Å². The summed E-state index contributed by atoms with van der Waals surface area (Å²) in [5.74, 6) is 0. The molecule has 0 bridgehead atoms. The highest BCUT2D eigenvalue weighted by Crippen LogP contribution is 1.72. The van der Waals surface area contributed by atoms with Gasteiger partial charge < -0.3 is 4.98 Å². The monoisotopic (exact) mass is 103 g/mol. The summed E-state index contributed by atoms with van der Waals surface area (Å²) in [7, 11) is 0. The van der Waals surface area contributed by atoms with Crippen molar-refractivity contribution in [3.05, 3.63) is 24.5 Å². The second-order valence-corrected chi connectivity index (χ2v) is 0.885. The third kappa shape index (κ3) is 3.03. The number of aromatic nitrogens is 1. The Kier molecular flexibility index (Phi) is 7.08. The Morgan fingerprint density at radius 2 is 1.43 bits per heavy atom. The third-order valence-electron chi connectivity index (χ3n) is 0.496. The van der Waals surface area contributed by atoms with Crippen LogP contribution >= 0.6 is 0 Å². The van der Waals surface area contributed by atoms with Crippen LogP contribution < -0.4 is 0 Å². The van der Waals surface area contributed by atoms with Gasteiger partial charge in [0.05, 0.1) is 0 Å². The molecule has 7 heavy (non-hydrogen) atoms. The molecule has 0 radical (unpaired) electrons. The Morgan fingerprint density at radius 1 is 1.00 bits per heavy atom. The lowest BCUT2D eigenvalue weighted by Crippen LogP contribution is -1.38. The van der Waals surface area contributed by atoms with Crippen molar-refractivity contribution in [2.24, 2.45) is 0 Å². The molecule has 0 aliphatic carbocycles. The summed E-state index contributed by atoms with van der Waals surface area (Å²) in [5.41, 5.74) is 0. The smallest absolute Gasteiger partial charge is 0.000496 e. The van der Waals surface area contributed by atoms with E-state index in [9.17, 15) is 0 Å². The molecule has 0 saturated heterocycles. The van der Waals surface area contributed by atoms with Crippen LogP contribution in [0.2, 0.25) is 0 Å². The van der Waals surface area contributed by atoms with Crippen LogP contribution in [0, 0.1) is 0 Å². The van der Waals surface area contributed by atoms with Crippen molar-refractivity contribution in [2.75, 3.05) is 0 Å². The van der Waals surface area contributed by atoms with Gasteiger partial charge in [0, 0.05) is 12.4 Å². The van der Waals surface area contributed by atoms with E-state index in [1.165, 1.54) is 0 Å². The summed E-state index contributed by atoms with van der Waals surface area (Å²) in [4.78, 5) is 2.86. The first-order valence-corrected chi connectivity index (χ1v) is 1.58. The van der Waals surface area contributed by atoms with Gasteiger partial charge in [-0.25, -0.2) is 0 Å². The maximum absolute atomic E-state index is 2.86. The fourth-order valence-electron chi connectivity index (χ4n) is 0.278. The molecule has 1 N–H and O–H groups in total. The molecule has 0 aliphatic rings. The summed E-state index contributed by atoms with van der Waals surface area (Å²) < 4.78 is 0. The van der Waals surface area contributed by atoms with Crippen LogP contribution in [0.15, 0.2) is 24.5 Å². The average Bonchev–Trinajstić information content (AvgIpc) is 1.76. The maximum atomic E-state index is 2.86. The molecule has 0 saturated carbocycles. The number of aromatic amines is 1. The van der Waals surface area contributed by atoms with Gasteiger partial charge in [-0.15, -0.1) is 0 Å². The second kappa shape index (κ2) is 5.21. The highest BCUT2D eigenvalue weighted by atomic mass is 19.0. The minimum Gasteiger partial charge on any atom is -0.368 e. The Bertz CT molecular complexity index is 64.6. The molecule has 0 aliphatic heterocycles. The van der Waals surface area contributed by atoms with Crippen LogP contribution in [-0.4, -0.2) is 4.98 Å². The number of H-pyrrole nitrogens is 1. The summed E-state index contributed by atoms with van der Waals surface area (Å²) in [5, 5.41) is 0. The summed E-state index contributed by atoms with van der Waals surface area (Å²) in [6, 6.07) is 3.89. The molecule has 1 aromatic heterocycles. The largest absolute Gasteiger partial charge is 0.368 e. The van der Waals surface area contributed by atoms with Gasteiger partial charge in [0.25, 0.3) is 0 Å². The fraction of sp³-hybridized carbons (Fsp3) is 0.200. The molecule has 0 spiro atoms. The number of hydrogen-bond acceptors (Lipinski definition) is 0. The molecule has 2 heteroatoms. The average molecular weight is 103 g/mol. The lowest BCUT2D eigenvalue weighted by molar-refractivity contribution is 1.11. The van der Waals surface area contributed by atoms with Crippen molar-refractivity contribution in [1.82, 2.24) is 4.98 Å². The predicted molar refractivity (Wildman–Crippen MR) is 30.0 cm³/mol. The molecule has 0 amide bonds. The van der Waals surface area contributed by atoms with Gasteiger partial charge in [0.15, 0.2) is 0 Å². The molecule has 0 aromatic carbocycles. The minimum absolute atomic E-state index is 0. The zero-order valence-electron chi connectivity index (χ0n) is 3.22. The van der Waals surface area contributed by atoms with Gasteiger partial charge in [-0.2, -0.15) is 0 Å². The quantitative estimate of drug-likeness (QED) is 0.515. The van der Waals surface area contributed by atoms with E-state index < -0.39 is 0 Å². The van der Waals surface area contributed by atoms with E-state index in [0.717, 1.165) is 0 Å². The number of nitrogens with one attached hydrogen (secondary N) is 1. The van der Waals surface area contributed by atoms with E-state index in [4.69, 9.17) is 0 Å². The van der Waals surface area contributed by atoms with Gasteiger partial charge in [-0.05, 0) is 12.1 Å². The first kappa shape index (κ1) is 9.51. The van der Waals surface area contributed by atoms with Crippen LogP contribution in [-0.2, 0) is 0 Å². The molecule has 1 heterocycles. The molecular weight excluding hydrogens is 93.1 g/mol. The number of rotatable bonds is 0. The maximum Gasteiger partial charge on any atom is 0.000496 e. The van der Waals surface area contributed by atoms with Gasteiger partial charge in [0.2, 0.25) is 0 Å². The van der Waals surface area contributed by atoms with Gasteiger partial charge in [-0.3, -0.25) is 4.70 Å². The molecule has 1 aromatic rings. The van der Waals surface area contributed by atoms with Gasteiger partial charge in [0.1, 0.15) is 0 Å². The minimum atomic E-state index is 0. The van der Waals surface area contributed by atoms with Crippen molar-refractivity contribution in [3.8, 4) is 0 Å². The second-order valence-electron chi connectivity index (χ2n) is 0.885. The van der Waals surface area contributed by atoms with E-state index in [2.05, 4.69) is 4.98 Å². The molecule has 0 atom stereocenters. The fourth-order valence-corrected chi connectivity index (χ4v) is 0.278. The third-order valence-corrected chi connectivity index (χ3v) is 0.496. The van der Waals surface area contributed by atoms with Crippen molar-refractivity contribution >= 4 is 0 Å². The number of halogens is 1. The normalized spacial score (nSPS) is 5.71. The Balaban J connectivity index is 0. The van der Waals surface area contributed by atoms with Crippen LogP contribution in [0.3, 0.4) is 0 Å². The van der Waals surface area contributed by atoms with Crippen molar-refractivity contribution < 1.29 is 4.70 Å². The lowest BCUT2D eigenvalue weighted by atomic mass is 10.7. The van der Waals surface area contributed by atoms with E-state index in [1.54, 1.807) is 0 Å². The lowest BCUT2D eigenvalue weighted by Gasteiger charge is -1.49. The highest BCUT2D eigenvalue weighted by molar-refractivity contribution is 4.84. The van der Waals surface area contributed by atoms with E-state index >= 15 is 0 Å². The zero-order chi connectivity index (χ0) is 3.54. The topological polar surface area (TPSA) is 15.8 Å². The first-order chi connectivity index (χ1) is 2.50. The first-order valence-electron chi connectivity index (χ1n) is 1.58.